The van der Waals surface area contributed by atoms with E-state index < -0.39 is 0 Å². The Bertz CT molecular complexity index is 946. The largest absolute Gasteiger partial charge is 0.469 e. The first-order valence-corrected chi connectivity index (χ1v) is 14.5. The number of hydrogen-bond acceptors (Lipinski definition) is 3. The topological polar surface area (TPSA) is 46.5 Å². The minimum absolute atomic E-state index is 0.0226. The van der Waals surface area contributed by atoms with Gasteiger partial charge in [-0.25, -0.2) is 0 Å². The summed E-state index contributed by atoms with van der Waals surface area (Å²) in [5.74, 6) is 1.22. The zero-order valence-electron chi connectivity index (χ0n) is 24.1. The Hall–Kier alpha value is -0.830. The molecule has 4 fully saturated rings. The molecule has 0 saturated heterocycles. The van der Waals surface area contributed by atoms with Gasteiger partial charge in [-0.05, 0) is 103 Å². The van der Waals surface area contributed by atoms with Gasteiger partial charge in [0.25, 0.3) is 0 Å². The first-order chi connectivity index (χ1) is 16.0. The van der Waals surface area contributed by atoms with E-state index in [-0.39, 0.29) is 50.0 Å². The van der Waals surface area contributed by atoms with E-state index >= 15 is 0 Å². The second-order valence-corrected chi connectivity index (χ2v) is 15.9. The van der Waals surface area contributed by atoms with Crippen LogP contribution in [0.15, 0.2) is 11.6 Å². The maximum Gasteiger partial charge on any atom is 0.312 e. The van der Waals surface area contributed by atoms with Crippen molar-refractivity contribution in [3.8, 4) is 0 Å². The Morgan fingerprint density at radius 3 is 2.17 bits per heavy atom. The molecule has 0 bridgehead atoms. The number of fused-ring (bicyclic) bond motifs is 7. The number of hydrogen-bond donors (Lipinski definition) is 1. The Labute approximate surface area is 214 Å². The van der Waals surface area contributed by atoms with Crippen molar-refractivity contribution in [1.82, 2.24) is 0 Å². The molecule has 5 aliphatic rings. The maximum atomic E-state index is 13.5. The van der Waals surface area contributed by atoms with Crippen molar-refractivity contribution >= 4 is 5.97 Å². The molecule has 8 atom stereocenters. The summed E-state index contributed by atoms with van der Waals surface area (Å²) >= 11 is 0. The predicted molar refractivity (Wildman–Crippen MR) is 142 cm³/mol. The monoisotopic (exact) mass is 484 g/mol. The second-order valence-electron chi connectivity index (χ2n) is 15.9. The van der Waals surface area contributed by atoms with E-state index in [1.54, 1.807) is 12.7 Å². The molecule has 3 nitrogen and oxygen atoms in total. The number of aliphatic hydroxyl groups excluding tert-OH is 1. The van der Waals surface area contributed by atoms with Crippen molar-refractivity contribution < 1.29 is 14.6 Å². The Balaban J connectivity index is 1.64. The average Bonchev–Trinajstić information content (AvgIpc) is 2.76. The van der Waals surface area contributed by atoms with Crippen molar-refractivity contribution in [2.45, 2.75) is 126 Å². The maximum absolute atomic E-state index is 13.5. The summed E-state index contributed by atoms with van der Waals surface area (Å²) in [6, 6.07) is 0. The summed E-state index contributed by atoms with van der Waals surface area (Å²) in [4.78, 5) is 13.5. The highest BCUT2D eigenvalue weighted by molar-refractivity contribution is 5.79. The van der Waals surface area contributed by atoms with Gasteiger partial charge < -0.3 is 9.84 Å². The molecule has 35 heavy (non-hydrogen) atoms. The van der Waals surface area contributed by atoms with Crippen molar-refractivity contribution in [3.05, 3.63) is 11.6 Å². The third-order valence-electron chi connectivity index (χ3n) is 13.8. The number of rotatable bonds is 1. The Morgan fingerprint density at radius 2 is 1.51 bits per heavy atom. The number of carbonyl (C=O) groups excluding carboxylic acids is 1. The molecule has 2 unspecified atom stereocenters. The summed E-state index contributed by atoms with van der Waals surface area (Å²) in [5, 5.41) is 10.9. The second kappa shape index (κ2) is 7.39. The Morgan fingerprint density at radius 1 is 0.857 bits per heavy atom. The van der Waals surface area contributed by atoms with Crippen LogP contribution in [0.2, 0.25) is 0 Å². The number of allylic oxidation sites excluding steroid dienone is 2. The summed E-state index contributed by atoms with van der Waals surface area (Å²) in [6.07, 6.45) is 13.2. The van der Waals surface area contributed by atoms with Crippen molar-refractivity contribution in [2.24, 2.45) is 49.7 Å². The van der Waals surface area contributed by atoms with Crippen LogP contribution in [-0.2, 0) is 9.53 Å². The lowest BCUT2D eigenvalue weighted by molar-refractivity contribution is -0.213. The van der Waals surface area contributed by atoms with Crippen LogP contribution in [0.25, 0.3) is 0 Å². The fraction of sp³-hybridized carbons (Fsp3) is 0.906. The number of esters is 1. The highest BCUT2D eigenvalue weighted by atomic mass is 16.5. The van der Waals surface area contributed by atoms with Crippen molar-refractivity contribution in [3.63, 3.8) is 0 Å². The molecule has 5 aliphatic carbocycles. The van der Waals surface area contributed by atoms with Crippen LogP contribution in [0, 0.1) is 49.7 Å². The van der Waals surface area contributed by atoms with E-state index in [4.69, 9.17) is 4.74 Å². The number of methoxy groups -OCH3 is 1. The summed E-state index contributed by atoms with van der Waals surface area (Å²) in [5.41, 5.74) is 1.83. The molecule has 0 aromatic rings. The third-order valence-corrected chi connectivity index (χ3v) is 13.8. The fourth-order valence-electron chi connectivity index (χ4n) is 11.6. The van der Waals surface area contributed by atoms with Gasteiger partial charge in [-0.3, -0.25) is 4.79 Å². The third kappa shape index (κ3) is 2.97. The zero-order valence-corrected chi connectivity index (χ0v) is 24.1. The van der Waals surface area contributed by atoms with E-state index in [0.29, 0.717) is 11.8 Å². The molecule has 0 radical (unpaired) electrons. The van der Waals surface area contributed by atoms with Gasteiger partial charge in [0.2, 0.25) is 0 Å². The van der Waals surface area contributed by atoms with E-state index in [2.05, 4.69) is 61.5 Å². The molecular weight excluding hydrogens is 432 g/mol. The number of aliphatic hydroxyl groups is 1. The molecule has 5 rings (SSSR count). The number of carbonyl (C=O) groups is 1. The van der Waals surface area contributed by atoms with Crippen molar-refractivity contribution in [2.75, 3.05) is 7.11 Å². The molecule has 3 heteroatoms. The minimum Gasteiger partial charge on any atom is -0.469 e. The highest BCUT2D eigenvalue weighted by Crippen LogP contribution is 2.78. The van der Waals surface area contributed by atoms with Crippen LogP contribution in [0.5, 0.6) is 0 Å². The fourth-order valence-corrected chi connectivity index (χ4v) is 11.6. The van der Waals surface area contributed by atoms with Gasteiger partial charge in [0.15, 0.2) is 0 Å². The molecule has 0 heterocycles. The first kappa shape index (κ1) is 25.8. The summed E-state index contributed by atoms with van der Waals surface area (Å²) in [6.45, 7) is 19.7. The van der Waals surface area contributed by atoms with E-state index in [9.17, 15) is 9.90 Å². The van der Waals surface area contributed by atoms with Gasteiger partial charge in [0, 0.05) is 5.41 Å². The Kier molecular flexibility index (Phi) is 5.45. The SMILES string of the molecule is COC(=O)[C@]12CCC(C)(C)C[C@@]1(C)C1=CCC3[C@@]4(C)CC[C@H](O)C(C)(C)C4CC[C@@]3(C)[C@]1(C)CC2. The molecule has 0 amide bonds. The normalized spacial score (nSPS) is 52.2. The lowest BCUT2D eigenvalue weighted by Gasteiger charge is -2.73. The van der Waals surface area contributed by atoms with Gasteiger partial charge in [0.05, 0.1) is 18.6 Å². The van der Waals surface area contributed by atoms with Gasteiger partial charge in [0.1, 0.15) is 0 Å². The van der Waals surface area contributed by atoms with Gasteiger partial charge >= 0.3 is 5.97 Å². The molecule has 0 spiro atoms. The molecule has 4 saturated carbocycles. The number of ether oxygens (including phenoxy) is 1. The van der Waals surface area contributed by atoms with E-state index in [1.165, 1.54) is 12.8 Å². The predicted octanol–water partition coefficient (Wildman–Crippen LogP) is 7.71. The highest BCUT2D eigenvalue weighted by Gasteiger charge is 2.72. The summed E-state index contributed by atoms with van der Waals surface area (Å²) < 4.78 is 5.56. The molecule has 0 aromatic carbocycles. The molecule has 0 aliphatic heterocycles. The zero-order chi connectivity index (χ0) is 25.9. The van der Waals surface area contributed by atoms with Gasteiger partial charge in [-0.1, -0.05) is 67.0 Å². The molecular formula is C32H52O3. The van der Waals surface area contributed by atoms with Crippen LogP contribution in [0.4, 0.5) is 0 Å². The lowest BCUT2D eigenvalue weighted by Crippen LogP contribution is -2.67. The van der Waals surface area contributed by atoms with Crippen LogP contribution in [-0.4, -0.2) is 24.3 Å². The van der Waals surface area contributed by atoms with Gasteiger partial charge in [-0.15, -0.1) is 0 Å². The summed E-state index contributed by atoms with van der Waals surface area (Å²) in [7, 11) is 1.60. The molecule has 198 valence electrons. The van der Waals surface area contributed by atoms with Gasteiger partial charge in [-0.2, -0.15) is 0 Å². The minimum atomic E-state index is -0.385. The molecule has 1 N–H and O–H groups in total. The van der Waals surface area contributed by atoms with Crippen molar-refractivity contribution in [1.29, 1.82) is 0 Å². The first-order valence-electron chi connectivity index (χ1n) is 14.5. The van der Waals surface area contributed by atoms with Crippen LogP contribution >= 0.6 is 0 Å². The standard InChI is InChI=1S/C32H52O3/c1-26(2)16-18-32(25(34)35-9)19-17-30(7)23(31(32,8)20-26)11-10-22-28(5)14-13-24(33)27(3,4)21(28)12-15-29(22,30)6/h11,21-22,24,33H,10,12-20H2,1-9H3/t21?,22?,24-,28-,29+,30+,31-,32+/m0/s1. The molecule has 0 aromatic heterocycles. The van der Waals surface area contributed by atoms with Crippen LogP contribution < -0.4 is 0 Å². The smallest absolute Gasteiger partial charge is 0.312 e. The quantitative estimate of drug-likeness (QED) is 0.306. The average molecular weight is 485 g/mol. The van der Waals surface area contributed by atoms with Crippen LogP contribution in [0.3, 0.4) is 0 Å². The lowest BCUT2D eigenvalue weighted by atomic mass is 9.31. The van der Waals surface area contributed by atoms with E-state index in [1.807, 2.05) is 0 Å². The van der Waals surface area contributed by atoms with Crippen LogP contribution in [0.1, 0.15) is 120 Å². The van der Waals surface area contributed by atoms with E-state index in [0.717, 1.165) is 51.4 Å².